The molecule has 0 bridgehead atoms. The highest BCUT2D eigenvalue weighted by molar-refractivity contribution is 5.89. The molecule has 1 heterocycles. The van der Waals surface area contributed by atoms with Crippen LogP contribution in [-0.4, -0.2) is 68.8 Å². The van der Waals surface area contributed by atoms with Crippen molar-refractivity contribution in [2.45, 2.75) is 30.7 Å². The number of hydrogen-bond acceptors (Lipinski definition) is 8. The van der Waals surface area contributed by atoms with Gasteiger partial charge in [-0.15, -0.1) is 0 Å². The Hall–Kier alpha value is -1.71. The number of carbonyl (C=O) groups excluding carboxylic acids is 1. The number of phenolic OH excluding ortho intramolecular Hbond substituents is 1. The summed E-state index contributed by atoms with van der Waals surface area (Å²) in [6.07, 6.45) is -7.59. The van der Waals surface area contributed by atoms with Crippen LogP contribution in [0.25, 0.3) is 0 Å². The molecule has 116 valence electrons. The average Bonchev–Trinajstić information content (AvgIpc) is 2.48. The number of rotatable bonds is 3. The fourth-order valence-electron chi connectivity index (χ4n) is 1.91. The summed E-state index contributed by atoms with van der Waals surface area (Å²) in [4.78, 5) is 11.7. The van der Waals surface area contributed by atoms with Gasteiger partial charge in [0.15, 0.2) is 6.29 Å². The van der Waals surface area contributed by atoms with Gasteiger partial charge in [-0.25, -0.2) is 4.79 Å². The molecule has 0 unspecified atom stereocenters. The summed E-state index contributed by atoms with van der Waals surface area (Å²) in [5.41, 5.74) is 0.180. The molecule has 0 aliphatic carbocycles. The minimum Gasteiger partial charge on any atom is -0.508 e. The summed E-state index contributed by atoms with van der Waals surface area (Å²) >= 11 is 0. The Bertz CT molecular complexity index is 487. The van der Waals surface area contributed by atoms with Gasteiger partial charge in [0.05, 0.1) is 5.56 Å². The van der Waals surface area contributed by atoms with Crippen molar-refractivity contribution < 1.29 is 39.8 Å². The second-order valence-electron chi connectivity index (χ2n) is 4.68. The lowest BCUT2D eigenvalue weighted by molar-refractivity contribution is -0.286. The maximum atomic E-state index is 11.7. The smallest absolute Gasteiger partial charge is 0.338 e. The first-order chi connectivity index (χ1) is 9.90. The van der Waals surface area contributed by atoms with Crippen molar-refractivity contribution in [3.8, 4) is 5.75 Å². The van der Waals surface area contributed by atoms with E-state index in [0.29, 0.717) is 0 Å². The van der Waals surface area contributed by atoms with Gasteiger partial charge < -0.3 is 35.0 Å². The number of benzene rings is 1. The van der Waals surface area contributed by atoms with E-state index in [1.165, 1.54) is 24.3 Å². The van der Waals surface area contributed by atoms with Gasteiger partial charge in [-0.2, -0.15) is 0 Å². The van der Waals surface area contributed by atoms with Crippen LogP contribution in [0.15, 0.2) is 24.3 Å². The highest BCUT2D eigenvalue weighted by Gasteiger charge is 2.43. The van der Waals surface area contributed by atoms with Crippen LogP contribution >= 0.6 is 0 Å². The Labute approximate surface area is 119 Å². The van der Waals surface area contributed by atoms with Crippen molar-refractivity contribution in [2.24, 2.45) is 0 Å². The number of aliphatic hydroxyl groups excluding tert-OH is 4. The van der Waals surface area contributed by atoms with E-state index in [-0.39, 0.29) is 11.3 Å². The largest absolute Gasteiger partial charge is 0.508 e. The molecule has 0 amide bonds. The third-order valence-corrected chi connectivity index (χ3v) is 3.17. The van der Waals surface area contributed by atoms with Crippen LogP contribution in [0, 0.1) is 0 Å². The molecule has 0 aromatic heterocycles. The van der Waals surface area contributed by atoms with Gasteiger partial charge in [0.25, 0.3) is 0 Å². The SMILES string of the molecule is O=C(OC[C@H]1O[C@@H](O)[C@H](O)[C@@H](O)[C@@H]1O)c1ccc(O)cc1. The second kappa shape index (κ2) is 6.37. The zero-order valence-corrected chi connectivity index (χ0v) is 10.9. The number of aliphatic hydroxyl groups is 4. The van der Waals surface area contributed by atoms with E-state index >= 15 is 0 Å². The Balaban J connectivity index is 1.93. The molecule has 1 aromatic rings. The highest BCUT2D eigenvalue weighted by atomic mass is 16.6. The number of esters is 1. The normalized spacial score (nSPS) is 32.7. The fourth-order valence-corrected chi connectivity index (χ4v) is 1.91. The van der Waals surface area contributed by atoms with Gasteiger partial charge in [-0.3, -0.25) is 0 Å². The molecule has 1 saturated heterocycles. The summed E-state index contributed by atoms with van der Waals surface area (Å²) in [6.45, 7) is -0.415. The van der Waals surface area contributed by atoms with Crippen LogP contribution in [0.5, 0.6) is 5.75 Å². The van der Waals surface area contributed by atoms with Crippen LogP contribution in [0.3, 0.4) is 0 Å². The minimum atomic E-state index is -1.68. The summed E-state index contributed by atoms with van der Waals surface area (Å²) in [5.74, 6) is -0.723. The van der Waals surface area contributed by atoms with E-state index in [9.17, 15) is 25.2 Å². The third kappa shape index (κ3) is 3.49. The standard InChI is InChI=1S/C13H16O8/c14-7-3-1-6(2-4-7)12(18)20-5-8-9(15)10(16)11(17)13(19)21-8/h1-4,8-11,13-17,19H,5H2/t8-,9-,10+,11-,13-/m1/s1. The number of phenols is 1. The van der Waals surface area contributed by atoms with Crippen molar-refractivity contribution in [3.05, 3.63) is 29.8 Å². The first kappa shape index (κ1) is 15.7. The quantitative estimate of drug-likeness (QED) is 0.419. The number of ether oxygens (including phenoxy) is 2. The summed E-state index contributed by atoms with van der Waals surface area (Å²) < 4.78 is 9.77. The van der Waals surface area contributed by atoms with Crippen LogP contribution < -0.4 is 0 Å². The maximum absolute atomic E-state index is 11.7. The predicted octanol–water partition coefficient (Wildman–Crippen LogP) is -1.65. The van der Waals surface area contributed by atoms with Gasteiger partial charge >= 0.3 is 5.97 Å². The molecular formula is C13H16O8. The Morgan fingerprint density at radius 2 is 1.67 bits per heavy atom. The molecule has 1 aliphatic rings. The van der Waals surface area contributed by atoms with E-state index in [4.69, 9.17) is 14.6 Å². The van der Waals surface area contributed by atoms with Crippen molar-refractivity contribution in [3.63, 3.8) is 0 Å². The zero-order valence-electron chi connectivity index (χ0n) is 10.9. The molecule has 2 rings (SSSR count). The number of hydrogen-bond donors (Lipinski definition) is 5. The molecule has 0 spiro atoms. The van der Waals surface area contributed by atoms with Crippen molar-refractivity contribution >= 4 is 5.97 Å². The van der Waals surface area contributed by atoms with Gasteiger partial charge in [0, 0.05) is 0 Å². The third-order valence-electron chi connectivity index (χ3n) is 3.17. The molecule has 1 aliphatic heterocycles. The van der Waals surface area contributed by atoms with Crippen LogP contribution in [0.2, 0.25) is 0 Å². The van der Waals surface area contributed by atoms with Crippen LogP contribution in [0.1, 0.15) is 10.4 Å². The Kier molecular flexibility index (Phi) is 4.76. The monoisotopic (exact) mass is 300 g/mol. The summed E-state index contributed by atoms with van der Waals surface area (Å²) in [5, 5.41) is 46.9. The summed E-state index contributed by atoms with van der Waals surface area (Å²) in [7, 11) is 0. The van der Waals surface area contributed by atoms with E-state index in [1.807, 2.05) is 0 Å². The van der Waals surface area contributed by atoms with Gasteiger partial charge in [0.1, 0.15) is 36.8 Å². The molecule has 8 nitrogen and oxygen atoms in total. The molecule has 1 fully saturated rings. The molecule has 0 radical (unpaired) electrons. The minimum absolute atomic E-state index is 0.00202. The van der Waals surface area contributed by atoms with Crippen molar-refractivity contribution in [1.82, 2.24) is 0 Å². The highest BCUT2D eigenvalue weighted by Crippen LogP contribution is 2.20. The van der Waals surface area contributed by atoms with Crippen molar-refractivity contribution in [2.75, 3.05) is 6.61 Å². The Morgan fingerprint density at radius 3 is 2.29 bits per heavy atom. The molecule has 21 heavy (non-hydrogen) atoms. The average molecular weight is 300 g/mol. The van der Waals surface area contributed by atoms with E-state index in [0.717, 1.165) is 0 Å². The van der Waals surface area contributed by atoms with Gasteiger partial charge in [0.2, 0.25) is 0 Å². The molecule has 5 atom stereocenters. The summed E-state index contributed by atoms with van der Waals surface area (Å²) in [6, 6.07) is 5.32. The molecular weight excluding hydrogens is 284 g/mol. The molecule has 1 aromatic carbocycles. The van der Waals surface area contributed by atoms with Gasteiger partial charge in [-0.1, -0.05) is 0 Å². The number of aromatic hydroxyl groups is 1. The lowest BCUT2D eigenvalue weighted by Gasteiger charge is -2.37. The molecule has 0 saturated carbocycles. The number of carbonyl (C=O) groups is 1. The predicted molar refractivity (Wildman–Crippen MR) is 67.3 cm³/mol. The lowest BCUT2D eigenvalue weighted by Crippen LogP contribution is -2.58. The molecule has 5 N–H and O–H groups in total. The van der Waals surface area contributed by atoms with E-state index in [1.54, 1.807) is 0 Å². The maximum Gasteiger partial charge on any atom is 0.338 e. The molecule has 8 heteroatoms. The van der Waals surface area contributed by atoms with Crippen LogP contribution in [0.4, 0.5) is 0 Å². The second-order valence-corrected chi connectivity index (χ2v) is 4.68. The fraction of sp³-hybridized carbons (Fsp3) is 0.462. The Morgan fingerprint density at radius 1 is 1.05 bits per heavy atom. The van der Waals surface area contributed by atoms with Gasteiger partial charge in [-0.05, 0) is 24.3 Å². The van der Waals surface area contributed by atoms with E-state index < -0.39 is 43.3 Å². The van der Waals surface area contributed by atoms with E-state index in [2.05, 4.69) is 0 Å². The van der Waals surface area contributed by atoms with Crippen molar-refractivity contribution in [1.29, 1.82) is 0 Å². The zero-order chi connectivity index (χ0) is 15.6. The first-order valence-electron chi connectivity index (χ1n) is 6.24. The lowest BCUT2D eigenvalue weighted by atomic mass is 9.99. The topological polar surface area (TPSA) is 137 Å². The van der Waals surface area contributed by atoms with Crippen LogP contribution in [-0.2, 0) is 9.47 Å². The first-order valence-corrected chi connectivity index (χ1v) is 6.24.